The molecule has 1 heterocycles. The fourth-order valence-corrected chi connectivity index (χ4v) is 2.26. The van der Waals surface area contributed by atoms with Gasteiger partial charge in [-0.1, -0.05) is 68.4 Å². The summed E-state index contributed by atoms with van der Waals surface area (Å²) in [6, 6.07) is 13.9. The number of nitrogens with two attached hydrogens (primary N) is 1. The predicted octanol–water partition coefficient (Wildman–Crippen LogP) is 3.94. The van der Waals surface area contributed by atoms with E-state index in [2.05, 4.69) is 49.1 Å². The fraction of sp³-hybridized carbons (Fsp3) is 0.294. The molecule has 0 bridgehead atoms. The lowest BCUT2D eigenvalue weighted by atomic mass is 9.87. The van der Waals surface area contributed by atoms with Crippen LogP contribution in [0.4, 0.5) is 0 Å². The minimum atomic E-state index is -0.284. The van der Waals surface area contributed by atoms with Gasteiger partial charge in [0.1, 0.15) is 0 Å². The molecule has 0 aliphatic carbocycles. The number of fused-ring (bicyclic) bond motifs is 1. The van der Waals surface area contributed by atoms with Gasteiger partial charge in [0.15, 0.2) is 0 Å². The predicted molar refractivity (Wildman–Crippen MR) is 83.6 cm³/mol. The normalized spacial score (nSPS) is 13.5. The van der Waals surface area contributed by atoms with Crippen molar-refractivity contribution in [1.29, 1.82) is 0 Å². The minimum Gasteiger partial charge on any atom is -0.337 e. The number of rotatable bonds is 2. The smallest absolute Gasteiger partial charge is 0.244 e. The minimum absolute atomic E-state index is 0.122. The van der Waals surface area contributed by atoms with Crippen LogP contribution in [-0.4, -0.2) is 10.1 Å². The average Bonchev–Trinajstić information content (AvgIpc) is 2.94. The highest BCUT2D eigenvalue weighted by molar-refractivity contribution is 5.94. The molecule has 1 aromatic heterocycles. The van der Waals surface area contributed by atoms with Crippen LogP contribution in [0.15, 0.2) is 47.0 Å². The van der Waals surface area contributed by atoms with Crippen LogP contribution in [0.5, 0.6) is 0 Å². The van der Waals surface area contributed by atoms with Crippen molar-refractivity contribution in [3.63, 3.8) is 0 Å². The van der Waals surface area contributed by atoms with E-state index in [-0.39, 0.29) is 11.5 Å². The summed E-state index contributed by atoms with van der Waals surface area (Å²) in [5.74, 6) is 1.06. The largest absolute Gasteiger partial charge is 0.337 e. The van der Waals surface area contributed by atoms with E-state index in [9.17, 15) is 0 Å². The standard InChI is InChI=1S/C17H19N3O/c1-17(2,3)14(18)16-19-15(20-21-16)13-10-6-8-11-7-4-5-9-12(11)13/h4-10,14H,18H2,1-3H3/t14-/m0/s1. The van der Waals surface area contributed by atoms with Crippen LogP contribution in [0.2, 0.25) is 0 Å². The third-order valence-electron chi connectivity index (χ3n) is 3.67. The van der Waals surface area contributed by atoms with E-state index in [1.807, 2.05) is 24.3 Å². The zero-order valence-electron chi connectivity index (χ0n) is 12.5. The maximum absolute atomic E-state index is 6.18. The summed E-state index contributed by atoms with van der Waals surface area (Å²) in [6.07, 6.45) is 0. The summed E-state index contributed by atoms with van der Waals surface area (Å²) < 4.78 is 5.37. The second kappa shape index (κ2) is 4.97. The van der Waals surface area contributed by atoms with E-state index < -0.39 is 0 Å². The zero-order valence-corrected chi connectivity index (χ0v) is 12.5. The Morgan fingerprint density at radius 2 is 1.76 bits per heavy atom. The lowest BCUT2D eigenvalue weighted by Crippen LogP contribution is -2.26. The van der Waals surface area contributed by atoms with Crippen molar-refractivity contribution in [2.24, 2.45) is 11.1 Å². The summed E-state index contributed by atoms with van der Waals surface area (Å²) in [6.45, 7) is 6.17. The molecular formula is C17H19N3O. The lowest BCUT2D eigenvalue weighted by molar-refractivity contribution is 0.253. The van der Waals surface area contributed by atoms with Gasteiger partial charge in [0.05, 0.1) is 6.04 Å². The van der Waals surface area contributed by atoms with E-state index >= 15 is 0 Å². The Morgan fingerprint density at radius 3 is 2.52 bits per heavy atom. The molecule has 2 N–H and O–H groups in total. The van der Waals surface area contributed by atoms with Crippen LogP contribution >= 0.6 is 0 Å². The Kier molecular flexibility index (Phi) is 3.26. The maximum Gasteiger partial charge on any atom is 0.244 e. The molecule has 3 aromatic rings. The summed E-state index contributed by atoms with van der Waals surface area (Å²) in [5, 5.41) is 6.37. The number of benzene rings is 2. The maximum atomic E-state index is 6.18. The summed E-state index contributed by atoms with van der Waals surface area (Å²) in [5.41, 5.74) is 7.02. The molecule has 3 rings (SSSR count). The van der Waals surface area contributed by atoms with E-state index in [1.54, 1.807) is 0 Å². The van der Waals surface area contributed by atoms with Crippen molar-refractivity contribution >= 4 is 10.8 Å². The summed E-state index contributed by atoms with van der Waals surface area (Å²) in [4.78, 5) is 4.49. The first kappa shape index (κ1) is 13.8. The molecule has 0 fully saturated rings. The van der Waals surface area contributed by atoms with Crippen molar-refractivity contribution in [1.82, 2.24) is 10.1 Å². The van der Waals surface area contributed by atoms with Crippen molar-refractivity contribution in [2.45, 2.75) is 26.8 Å². The highest BCUT2D eigenvalue weighted by Crippen LogP contribution is 2.32. The van der Waals surface area contributed by atoms with Gasteiger partial charge in [-0.2, -0.15) is 4.98 Å². The number of aromatic nitrogens is 2. The van der Waals surface area contributed by atoms with E-state index in [4.69, 9.17) is 10.3 Å². The van der Waals surface area contributed by atoms with Crippen LogP contribution in [0.3, 0.4) is 0 Å². The molecule has 0 amide bonds. The third-order valence-corrected chi connectivity index (χ3v) is 3.67. The molecule has 0 saturated heterocycles. The molecule has 4 heteroatoms. The molecule has 1 atom stereocenters. The van der Waals surface area contributed by atoms with Crippen LogP contribution in [0.25, 0.3) is 22.2 Å². The van der Waals surface area contributed by atoms with Gasteiger partial charge in [0.2, 0.25) is 11.7 Å². The van der Waals surface area contributed by atoms with Gasteiger partial charge in [-0.15, -0.1) is 0 Å². The molecule has 0 unspecified atom stereocenters. The lowest BCUT2D eigenvalue weighted by Gasteiger charge is -2.23. The first-order chi connectivity index (χ1) is 9.97. The SMILES string of the molecule is CC(C)(C)[C@@H](N)c1nc(-c2cccc3ccccc23)no1. The Hall–Kier alpha value is -2.20. The highest BCUT2D eigenvalue weighted by Gasteiger charge is 2.27. The van der Waals surface area contributed by atoms with Crippen molar-refractivity contribution < 1.29 is 4.52 Å². The van der Waals surface area contributed by atoms with Gasteiger partial charge in [-0.3, -0.25) is 0 Å². The van der Waals surface area contributed by atoms with Crippen molar-refractivity contribution in [3.05, 3.63) is 48.4 Å². The first-order valence-corrected chi connectivity index (χ1v) is 7.04. The van der Waals surface area contributed by atoms with E-state index in [1.165, 1.54) is 0 Å². The Morgan fingerprint density at radius 1 is 1.05 bits per heavy atom. The molecular weight excluding hydrogens is 262 g/mol. The fourth-order valence-electron chi connectivity index (χ4n) is 2.26. The molecule has 0 aliphatic heterocycles. The Balaban J connectivity index is 2.07. The third kappa shape index (κ3) is 2.54. The van der Waals surface area contributed by atoms with Crippen LogP contribution < -0.4 is 5.73 Å². The molecule has 2 aromatic carbocycles. The van der Waals surface area contributed by atoms with Gasteiger partial charge in [-0.05, 0) is 16.2 Å². The van der Waals surface area contributed by atoms with Gasteiger partial charge < -0.3 is 10.3 Å². The van der Waals surface area contributed by atoms with E-state index in [0.717, 1.165) is 16.3 Å². The molecule has 108 valence electrons. The Labute approximate surface area is 124 Å². The first-order valence-electron chi connectivity index (χ1n) is 7.04. The number of hydrogen-bond donors (Lipinski definition) is 1. The van der Waals surface area contributed by atoms with Gasteiger partial charge >= 0.3 is 0 Å². The van der Waals surface area contributed by atoms with Gasteiger partial charge in [0, 0.05) is 5.56 Å². The quantitative estimate of drug-likeness (QED) is 0.772. The van der Waals surface area contributed by atoms with Gasteiger partial charge in [0.25, 0.3) is 0 Å². The average molecular weight is 281 g/mol. The monoisotopic (exact) mass is 281 g/mol. The summed E-state index contributed by atoms with van der Waals surface area (Å²) >= 11 is 0. The highest BCUT2D eigenvalue weighted by atomic mass is 16.5. The van der Waals surface area contributed by atoms with Crippen LogP contribution in [0, 0.1) is 5.41 Å². The number of nitrogens with zero attached hydrogens (tertiary/aromatic N) is 2. The second-order valence-corrected chi connectivity index (χ2v) is 6.33. The van der Waals surface area contributed by atoms with Crippen molar-refractivity contribution in [2.75, 3.05) is 0 Å². The molecule has 21 heavy (non-hydrogen) atoms. The molecule has 0 radical (unpaired) electrons. The van der Waals surface area contributed by atoms with Crippen LogP contribution in [0.1, 0.15) is 32.7 Å². The zero-order chi connectivity index (χ0) is 15.0. The topological polar surface area (TPSA) is 64.9 Å². The molecule has 4 nitrogen and oxygen atoms in total. The Bertz CT molecular complexity index is 766. The summed E-state index contributed by atoms with van der Waals surface area (Å²) in [7, 11) is 0. The molecule has 0 spiro atoms. The van der Waals surface area contributed by atoms with Gasteiger partial charge in [-0.25, -0.2) is 0 Å². The van der Waals surface area contributed by atoms with Crippen molar-refractivity contribution in [3.8, 4) is 11.4 Å². The molecule has 0 saturated carbocycles. The number of hydrogen-bond acceptors (Lipinski definition) is 4. The van der Waals surface area contributed by atoms with E-state index in [0.29, 0.717) is 11.7 Å². The van der Waals surface area contributed by atoms with Crippen LogP contribution in [-0.2, 0) is 0 Å². The molecule has 0 aliphatic rings. The second-order valence-electron chi connectivity index (χ2n) is 6.33.